The van der Waals surface area contributed by atoms with Gasteiger partial charge in [-0.2, -0.15) is 12.0 Å². The Balaban J connectivity index is 0.000000470. The van der Waals surface area contributed by atoms with Crippen molar-refractivity contribution in [2.24, 2.45) is 35.1 Å². The molecule has 8 atom stereocenters. The van der Waals surface area contributed by atoms with E-state index in [4.69, 9.17) is 30.4 Å². The van der Waals surface area contributed by atoms with Gasteiger partial charge in [0.15, 0.2) is 0 Å². The second kappa shape index (κ2) is 51.3. The first-order valence-corrected chi connectivity index (χ1v) is 54.8. The van der Waals surface area contributed by atoms with Gasteiger partial charge < -0.3 is 84.2 Å². The van der Waals surface area contributed by atoms with Crippen molar-refractivity contribution in [2.45, 2.75) is 272 Å². The second-order valence-corrected chi connectivity index (χ2v) is 69.8. The van der Waals surface area contributed by atoms with Crippen molar-refractivity contribution in [3.8, 4) is 11.1 Å². The molecule has 4 aliphatic rings. The van der Waals surface area contributed by atoms with Gasteiger partial charge in [0.2, 0.25) is 35.4 Å². The summed E-state index contributed by atoms with van der Waals surface area (Å²) in [4.78, 5) is 134. The fourth-order valence-electron chi connectivity index (χ4n) is 15.3. The van der Waals surface area contributed by atoms with Gasteiger partial charge in [-0.25, -0.2) is 19.2 Å². The van der Waals surface area contributed by atoms with Crippen LogP contribution in [-0.2, 0) is 65.5 Å². The number of primary amides is 2. The first kappa shape index (κ1) is 105. The molecule has 1 aliphatic carbocycles. The maximum absolute atomic E-state index is 14.3. The summed E-state index contributed by atoms with van der Waals surface area (Å²) >= 11 is 7.39. The number of carbonyl (C=O) groups is 10. The monoisotopic (exact) mass is 2040 g/mol. The zero-order valence-electron chi connectivity index (χ0n) is 72.0. The summed E-state index contributed by atoms with van der Waals surface area (Å²) in [5.74, 6) is -3.61. The molecule has 0 spiro atoms. The Kier molecular flexibility index (Phi) is 45.0. The molecule has 120 heavy (non-hydrogen) atoms. The zero-order chi connectivity index (χ0) is 88.5. The number of piperidine rings is 1. The fourth-order valence-corrected chi connectivity index (χ4v) is 15.3. The topological polar surface area (TPSA) is 362 Å². The number of nitrogens with one attached hydrogen (secondary N) is 6. The normalized spacial score (nSPS) is 17.7. The van der Waals surface area contributed by atoms with Crippen molar-refractivity contribution in [1.82, 2.24) is 46.8 Å². The third-order valence-electron chi connectivity index (χ3n) is 20.3. The minimum absolute atomic E-state index is 0. The summed E-state index contributed by atoms with van der Waals surface area (Å²) < 4.78 is 22.3. The Morgan fingerprint density at radius 1 is 0.550 bits per heavy atom. The van der Waals surface area contributed by atoms with Crippen LogP contribution in [0.3, 0.4) is 0 Å². The molecule has 3 saturated heterocycles. The summed E-state index contributed by atoms with van der Waals surface area (Å²) in [6.45, 7) is 32.9. The first-order valence-electron chi connectivity index (χ1n) is 41.3. The van der Waals surface area contributed by atoms with E-state index in [2.05, 4.69) is 137 Å². The summed E-state index contributed by atoms with van der Waals surface area (Å²) in [6.07, 6.45) is 10.8. The van der Waals surface area contributed by atoms with E-state index in [1.54, 1.807) is 58.3 Å². The molecule has 11 N–H and O–H groups in total. The maximum atomic E-state index is 14.3. The van der Waals surface area contributed by atoms with Crippen molar-refractivity contribution >= 4 is 120 Å². The SMILES string of the molecule is C.CC(C)C[C@@H](/C=C/[C@H](Cc1ccccc1)C(=O)N1CCC[C@H]1C(=O)N[C@@H](CCCNC(=O)OC1CC(C)(C)N(O)C(C)(C)C1)C(N)=O)NC(=O)OC(C)(C)C.CC(C)C[C@@H](/C=C/[C@H](Cc1ccccc1)C(=O)N1CCC[C@H]1C(=O)N[C@@H](CCCNC(=O)OCC1c2ccccc2-c2ccccc21)C(N)=O)NC(=O)OC(C)(C)C.[CH2-]C.[I][V]([I])[I]. The van der Waals surface area contributed by atoms with Crippen molar-refractivity contribution < 1.29 is 77.0 Å². The Bertz CT molecular complexity index is 3930. The molecule has 10 amide bonds. The van der Waals surface area contributed by atoms with Crippen molar-refractivity contribution in [2.75, 3.05) is 32.8 Å². The number of hydrogen-bond acceptors (Lipinski definition) is 16. The predicted octanol–water partition coefficient (Wildman–Crippen LogP) is 16.0. The van der Waals surface area contributed by atoms with Crippen LogP contribution in [0.2, 0.25) is 0 Å². The first-order chi connectivity index (χ1) is 56.0. The second-order valence-electron chi connectivity index (χ2n) is 34.5. The summed E-state index contributed by atoms with van der Waals surface area (Å²) in [7, 11) is 0. The molecule has 4 aromatic carbocycles. The van der Waals surface area contributed by atoms with E-state index < -0.39 is 106 Å². The number of alkyl carbamates (subject to hydrolysis) is 4. The van der Waals surface area contributed by atoms with E-state index in [0.29, 0.717) is 90.1 Å². The van der Waals surface area contributed by atoms with Crippen molar-refractivity contribution in [3.63, 3.8) is 0 Å². The molecular weight excluding hydrogens is 1910 g/mol. The van der Waals surface area contributed by atoms with E-state index in [9.17, 15) is 53.2 Å². The molecule has 3 aliphatic heterocycles. The van der Waals surface area contributed by atoms with Gasteiger partial charge in [0.1, 0.15) is 48.1 Å². The number of rotatable bonds is 33. The molecule has 666 valence electrons. The number of hydroxylamine groups is 2. The van der Waals surface area contributed by atoms with Gasteiger partial charge in [-0.05, 0) is 192 Å². The van der Waals surface area contributed by atoms with Crippen molar-refractivity contribution in [3.05, 3.63) is 163 Å². The molecule has 26 nitrogen and oxygen atoms in total. The third kappa shape index (κ3) is 36.4. The Morgan fingerprint density at radius 3 is 1.27 bits per heavy atom. The van der Waals surface area contributed by atoms with Crippen LogP contribution in [0.25, 0.3) is 11.1 Å². The van der Waals surface area contributed by atoms with Crippen LogP contribution in [0.4, 0.5) is 19.2 Å². The number of carbonyl (C=O) groups excluding carboxylic acids is 10. The molecule has 8 rings (SSSR count). The van der Waals surface area contributed by atoms with Crippen LogP contribution in [0.15, 0.2) is 133 Å². The van der Waals surface area contributed by atoms with Crippen LogP contribution in [-0.4, -0.2) is 177 Å². The van der Waals surface area contributed by atoms with E-state index in [1.165, 1.54) is 5.06 Å². The van der Waals surface area contributed by atoms with Gasteiger partial charge in [-0.1, -0.05) is 169 Å². The van der Waals surface area contributed by atoms with Gasteiger partial charge in [-0.15, -0.1) is 0 Å². The van der Waals surface area contributed by atoms with Crippen LogP contribution < -0.4 is 43.4 Å². The van der Waals surface area contributed by atoms with Crippen molar-refractivity contribution in [1.29, 1.82) is 0 Å². The van der Waals surface area contributed by atoms with Gasteiger partial charge in [0.05, 0.1) is 23.9 Å². The predicted molar refractivity (Wildman–Crippen MR) is 493 cm³/mol. The summed E-state index contributed by atoms with van der Waals surface area (Å²) in [5.41, 5.74) is 15.3. The number of likely N-dealkylation sites (tertiary alicyclic amines) is 2. The number of fused-ring (bicyclic) bond motifs is 3. The van der Waals surface area contributed by atoms with Crippen LogP contribution in [0.1, 0.15) is 217 Å². The van der Waals surface area contributed by atoms with Crippen LogP contribution in [0, 0.1) is 30.6 Å². The molecule has 0 aromatic heterocycles. The molecule has 4 aromatic rings. The molecule has 0 saturated carbocycles. The fraction of sp³-hybridized carbons (Fsp3) is 0.567. The molecule has 3 heterocycles. The molecule has 3 fully saturated rings. The standard InChI is InChI=1S/C46H59N5O7.C41H66N6O8.C2H5.CH4.3HI.V/c1-30(2)27-33(49-45(56)58-46(3,4)5)24-23-32(28-31-15-7-6-8-16-31)43(54)51-26-14-22-40(51)42(53)50-39(41(47)52)21-13-25-48-44(55)57-29-38-36-19-11-9-17-34(36)35-18-10-12-20-37(35)38;1-27(2)23-30(44-38(52)55-39(3,4)5)20-19-29(24-28-15-11-10-12-16-28)36(50)46-22-14-18-33(46)35(49)45-32(34(42)48)17-13-21-43-37(51)54-31-25-40(6,7)47(53)41(8,9)26-31;1-2;;;;;/h6-12,15-20,23-24,30,32-33,38-40H,13-14,21-22,25-29H2,1-5H3,(H2,47,52)(H,48,55)(H,49,56)(H,50,53);10-12,15-16,19-20,27,29-33,53H,13-14,17-18,21-26H2,1-9H3,(H2,42,48)(H,43,51)(H,44,52)(H,45,49);1H2,2H3;1H4;3*1H;/q;;-1;;;;;+3/p-3/b24-23+;20-19+;;;;;;/t32-,33-,39+,40+;29-,30-,32+,33+;;;;;;/m11....../s1. The van der Waals surface area contributed by atoms with Crippen LogP contribution >= 0.6 is 59.9 Å². The number of nitrogens with zero attached hydrogens (tertiary/aromatic N) is 3. The number of halogens is 3. The average Bonchev–Trinajstić information content (AvgIpc) is 1.57. The molecule has 30 heteroatoms. The van der Waals surface area contributed by atoms with Gasteiger partial charge in [0.25, 0.3) is 0 Å². The average molecular weight is 2040 g/mol. The molecular formula is C90H134I3N11O15V-. The molecule has 0 bridgehead atoms. The molecule has 0 unspecified atom stereocenters. The van der Waals surface area contributed by atoms with Crippen LogP contribution in [0.5, 0.6) is 0 Å². The summed E-state index contributed by atoms with van der Waals surface area (Å²) in [5, 5.41) is 28.7. The number of amides is 10. The Morgan fingerprint density at radius 2 is 0.908 bits per heavy atom. The van der Waals surface area contributed by atoms with E-state index in [0.717, 1.165) is 33.4 Å². The van der Waals surface area contributed by atoms with E-state index >= 15 is 0 Å². The number of benzene rings is 4. The Labute approximate surface area is 750 Å². The Hall–Kier alpha value is -7.05. The number of ether oxygens (including phenoxy) is 4. The van der Waals surface area contributed by atoms with E-state index in [-0.39, 0.29) is 92.6 Å². The number of nitrogens with two attached hydrogens (primary N) is 2. The van der Waals surface area contributed by atoms with Gasteiger partial charge >= 0.3 is 89.2 Å². The quantitative estimate of drug-likeness (QED) is 0.00703. The van der Waals surface area contributed by atoms with E-state index in [1.807, 2.05) is 151 Å². The summed E-state index contributed by atoms with van der Waals surface area (Å²) in [6, 6.07) is 31.1. The molecule has 0 radical (unpaired) electrons. The van der Waals surface area contributed by atoms with Gasteiger partial charge in [-0.3, -0.25) is 28.8 Å². The zero-order valence-corrected chi connectivity index (χ0v) is 79.9. The number of hydrogen-bond donors (Lipinski definition) is 9. The van der Waals surface area contributed by atoms with Gasteiger partial charge in [0, 0.05) is 56.0 Å². The third-order valence-corrected chi connectivity index (χ3v) is 20.3. The minimum atomic E-state index is -1.01.